The third-order valence-corrected chi connectivity index (χ3v) is 3.13. The predicted octanol–water partition coefficient (Wildman–Crippen LogP) is 0.782. The van der Waals surface area contributed by atoms with Crippen LogP contribution in [-0.2, 0) is 17.9 Å². The molecule has 2 aromatic rings. The van der Waals surface area contributed by atoms with Crippen molar-refractivity contribution in [2.75, 3.05) is 0 Å². The van der Waals surface area contributed by atoms with Crippen molar-refractivity contribution in [2.45, 2.75) is 39.8 Å². The molecule has 1 N–H and O–H groups in total. The van der Waals surface area contributed by atoms with Crippen LogP contribution in [0.2, 0.25) is 0 Å². The number of hydrogen-bond donors (Lipinski definition) is 1. The highest BCUT2D eigenvalue weighted by atomic mass is 16.2. The molecule has 7 heteroatoms. The fraction of sp³-hybridized carbons (Fsp3) is 0.400. The van der Waals surface area contributed by atoms with Crippen molar-refractivity contribution in [3.8, 4) is 0 Å². The van der Waals surface area contributed by atoms with E-state index in [1.807, 2.05) is 20.8 Å². The molecule has 2 heterocycles. The topological polar surface area (TPSA) is 89.8 Å². The monoisotopic (exact) mass is 301 g/mol. The molecule has 0 aliphatic rings. The number of nitrogens with one attached hydrogen (secondary N) is 1. The summed E-state index contributed by atoms with van der Waals surface area (Å²) in [5.74, 6) is -0.0883. The molecule has 116 valence electrons. The quantitative estimate of drug-likeness (QED) is 0.881. The van der Waals surface area contributed by atoms with Crippen LogP contribution >= 0.6 is 0 Å². The minimum absolute atomic E-state index is 0.0612. The maximum absolute atomic E-state index is 11.9. The van der Waals surface area contributed by atoms with Gasteiger partial charge in [-0.1, -0.05) is 13.8 Å². The molecular formula is C15H19N5O2. The zero-order valence-electron chi connectivity index (χ0n) is 12.9. The summed E-state index contributed by atoms with van der Waals surface area (Å²) in [6.45, 7) is 6.02. The third-order valence-electron chi connectivity index (χ3n) is 3.13. The summed E-state index contributed by atoms with van der Waals surface area (Å²) in [7, 11) is 0. The van der Waals surface area contributed by atoms with Crippen LogP contribution in [-0.4, -0.2) is 25.4 Å². The lowest BCUT2D eigenvalue weighted by atomic mass is 10.1. The van der Waals surface area contributed by atoms with Gasteiger partial charge in [0.1, 0.15) is 12.9 Å². The Bertz CT molecular complexity index is 724. The fourth-order valence-corrected chi connectivity index (χ4v) is 1.88. The fourth-order valence-electron chi connectivity index (χ4n) is 1.88. The summed E-state index contributed by atoms with van der Waals surface area (Å²) in [4.78, 5) is 36.1. The Hall–Kier alpha value is -2.57. The summed E-state index contributed by atoms with van der Waals surface area (Å²) in [5, 5.41) is 2.72. The van der Waals surface area contributed by atoms with Crippen LogP contribution in [0.15, 0.2) is 29.6 Å². The molecule has 1 amide bonds. The first kappa shape index (κ1) is 15.8. The second kappa shape index (κ2) is 6.93. The van der Waals surface area contributed by atoms with Gasteiger partial charge in [0.05, 0.1) is 24.3 Å². The minimum atomic E-state index is -0.266. The molecule has 2 aromatic heterocycles. The van der Waals surface area contributed by atoms with Crippen LogP contribution < -0.4 is 10.9 Å². The van der Waals surface area contributed by atoms with Crippen LogP contribution in [0.25, 0.3) is 0 Å². The summed E-state index contributed by atoms with van der Waals surface area (Å²) in [5.41, 5.74) is 2.05. The number of hydrogen-bond acceptors (Lipinski definition) is 5. The summed E-state index contributed by atoms with van der Waals surface area (Å²) in [6, 6.07) is 3.26. The minimum Gasteiger partial charge on any atom is -0.349 e. The zero-order chi connectivity index (χ0) is 16.1. The average Bonchev–Trinajstić information content (AvgIpc) is 2.47. The number of amides is 1. The number of aryl methyl sites for hydroxylation is 1. The Labute approximate surface area is 128 Å². The van der Waals surface area contributed by atoms with E-state index in [4.69, 9.17) is 0 Å². The lowest BCUT2D eigenvalue weighted by Gasteiger charge is -2.09. The maximum atomic E-state index is 11.9. The molecular weight excluding hydrogens is 282 g/mol. The van der Waals surface area contributed by atoms with E-state index in [2.05, 4.69) is 20.3 Å². The van der Waals surface area contributed by atoms with Gasteiger partial charge in [-0.2, -0.15) is 0 Å². The number of aromatic nitrogens is 4. The van der Waals surface area contributed by atoms with Crippen LogP contribution in [0.3, 0.4) is 0 Å². The van der Waals surface area contributed by atoms with E-state index in [-0.39, 0.29) is 23.9 Å². The molecule has 0 saturated carbocycles. The second-order valence-electron chi connectivity index (χ2n) is 5.36. The number of carbonyl (C=O) groups is 1. The molecule has 0 saturated heterocycles. The Morgan fingerprint density at radius 3 is 2.68 bits per heavy atom. The SMILES string of the molecule is Cc1cc(CNC(=O)Cn2cnc(C(C)C)cc2=O)ncn1. The Balaban J connectivity index is 1.96. The molecule has 0 atom stereocenters. The highest BCUT2D eigenvalue weighted by Crippen LogP contribution is 2.07. The van der Waals surface area contributed by atoms with Crippen molar-refractivity contribution in [2.24, 2.45) is 0 Å². The van der Waals surface area contributed by atoms with Crippen molar-refractivity contribution in [3.05, 3.63) is 52.2 Å². The van der Waals surface area contributed by atoms with Crippen LogP contribution in [0.1, 0.15) is 36.8 Å². The molecule has 0 bridgehead atoms. The van der Waals surface area contributed by atoms with Gasteiger partial charge in [0.15, 0.2) is 0 Å². The lowest BCUT2D eigenvalue weighted by molar-refractivity contribution is -0.121. The van der Waals surface area contributed by atoms with Crippen LogP contribution in [0.4, 0.5) is 0 Å². The van der Waals surface area contributed by atoms with Gasteiger partial charge in [0, 0.05) is 11.8 Å². The first-order valence-electron chi connectivity index (χ1n) is 7.06. The molecule has 2 rings (SSSR count). The van der Waals surface area contributed by atoms with Gasteiger partial charge in [-0.15, -0.1) is 0 Å². The molecule has 0 spiro atoms. The van der Waals surface area contributed by atoms with Gasteiger partial charge >= 0.3 is 0 Å². The highest BCUT2D eigenvalue weighted by Gasteiger charge is 2.08. The van der Waals surface area contributed by atoms with Gasteiger partial charge in [-0.05, 0) is 18.9 Å². The zero-order valence-corrected chi connectivity index (χ0v) is 12.9. The second-order valence-corrected chi connectivity index (χ2v) is 5.36. The predicted molar refractivity (Wildman–Crippen MR) is 81.2 cm³/mol. The van der Waals surface area contributed by atoms with Gasteiger partial charge in [-0.25, -0.2) is 15.0 Å². The van der Waals surface area contributed by atoms with E-state index in [9.17, 15) is 9.59 Å². The van der Waals surface area contributed by atoms with Gasteiger partial charge in [-0.3, -0.25) is 14.2 Å². The Kier molecular flexibility index (Phi) is 4.98. The Morgan fingerprint density at radius 2 is 2.05 bits per heavy atom. The van der Waals surface area contributed by atoms with E-state index in [0.29, 0.717) is 6.54 Å². The van der Waals surface area contributed by atoms with Crippen molar-refractivity contribution in [3.63, 3.8) is 0 Å². The molecule has 0 aliphatic carbocycles. The van der Waals surface area contributed by atoms with Crippen molar-refractivity contribution in [1.29, 1.82) is 0 Å². The first-order chi connectivity index (χ1) is 10.5. The van der Waals surface area contributed by atoms with Crippen LogP contribution in [0.5, 0.6) is 0 Å². The number of rotatable bonds is 5. The molecule has 0 radical (unpaired) electrons. The summed E-state index contributed by atoms with van der Waals surface area (Å²) in [6.07, 6.45) is 2.86. The summed E-state index contributed by atoms with van der Waals surface area (Å²) >= 11 is 0. The van der Waals surface area contributed by atoms with Gasteiger partial charge in [0.25, 0.3) is 5.56 Å². The summed E-state index contributed by atoms with van der Waals surface area (Å²) < 4.78 is 1.28. The van der Waals surface area contributed by atoms with Crippen molar-refractivity contribution < 1.29 is 4.79 Å². The molecule has 7 nitrogen and oxygen atoms in total. The molecule has 0 fully saturated rings. The smallest absolute Gasteiger partial charge is 0.254 e. The number of nitrogens with zero attached hydrogens (tertiary/aromatic N) is 4. The van der Waals surface area contributed by atoms with E-state index >= 15 is 0 Å². The van der Waals surface area contributed by atoms with Crippen molar-refractivity contribution >= 4 is 5.91 Å². The van der Waals surface area contributed by atoms with Crippen molar-refractivity contribution in [1.82, 2.24) is 24.8 Å². The van der Waals surface area contributed by atoms with E-state index < -0.39 is 0 Å². The molecule has 0 aromatic carbocycles. The average molecular weight is 301 g/mol. The lowest BCUT2D eigenvalue weighted by Crippen LogP contribution is -2.32. The highest BCUT2D eigenvalue weighted by molar-refractivity contribution is 5.75. The maximum Gasteiger partial charge on any atom is 0.254 e. The largest absolute Gasteiger partial charge is 0.349 e. The normalized spacial score (nSPS) is 10.7. The van der Waals surface area contributed by atoms with Gasteiger partial charge in [0.2, 0.25) is 5.91 Å². The van der Waals surface area contributed by atoms with E-state index in [1.165, 1.54) is 23.3 Å². The number of carbonyl (C=O) groups excluding carboxylic acids is 1. The molecule has 0 aliphatic heterocycles. The molecule has 0 unspecified atom stereocenters. The van der Waals surface area contributed by atoms with Crippen LogP contribution in [0, 0.1) is 6.92 Å². The molecule has 22 heavy (non-hydrogen) atoms. The van der Waals surface area contributed by atoms with E-state index in [0.717, 1.165) is 17.1 Å². The Morgan fingerprint density at radius 1 is 1.27 bits per heavy atom. The van der Waals surface area contributed by atoms with Gasteiger partial charge < -0.3 is 5.32 Å². The standard InChI is InChI=1S/C15H19N5O2/c1-10(2)13-5-15(22)20(9-19-13)7-14(21)16-6-12-4-11(3)17-8-18-12/h4-5,8-10H,6-7H2,1-3H3,(H,16,21). The third kappa shape index (κ3) is 4.21. The first-order valence-corrected chi connectivity index (χ1v) is 7.06. The van der Waals surface area contributed by atoms with E-state index in [1.54, 1.807) is 6.07 Å².